The quantitative estimate of drug-likeness (QED) is 0.259. The summed E-state index contributed by atoms with van der Waals surface area (Å²) in [5.74, 6) is -0.373. The first kappa shape index (κ1) is 23.1. The molecule has 0 fully saturated rings. The van der Waals surface area contributed by atoms with Crippen molar-refractivity contribution < 1.29 is 19.4 Å². The number of aromatic amines is 2. The van der Waals surface area contributed by atoms with E-state index in [1.54, 1.807) is 4.90 Å². The Balaban J connectivity index is 1.37. The van der Waals surface area contributed by atoms with Crippen molar-refractivity contribution >= 4 is 28.5 Å². The lowest BCUT2D eigenvalue weighted by atomic mass is 9.96. The number of fused-ring (bicyclic) bond motifs is 2. The second kappa shape index (κ2) is 9.20. The van der Waals surface area contributed by atoms with Gasteiger partial charge in [0, 0.05) is 11.9 Å². The first-order valence-electron chi connectivity index (χ1n) is 11.2. The number of aliphatic hydroxyl groups is 1. The molecular weight excluding hydrogens is 475 g/mol. The van der Waals surface area contributed by atoms with Gasteiger partial charge in [-0.2, -0.15) is 5.10 Å². The first-order chi connectivity index (χ1) is 16.9. The zero-order valence-electron chi connectivity index (χ0n) is 18.9. The normalized spacial score (nSPS) is 13.9. The van der Waals surface area contributed by atoms with Crippen LogP contribution in [0.2, 0.25) is 0 Å². The monoisotopic (exact) mass is 498 g/mol. The average Bonchev–Trinajstić information content (AvgIpc) is 3.56. The van der Waals surface area contributed by atoms with E-state index >= 15 is 0 Å². The third-order valence-corrected chi connectivity index (χ3v) is 6.52. The molecule has 1 atom stereocenters. The van der Waals surface area contributed by atoms with E-state index in [9.17, 15) is 19.4 Å². The van der Waals surface area contributed by atoms with Crippen LogP contribution >= 0.6 is 11.6 Å². The number of amides is 2. The van der Waals surface area contributed by atoms with Crippen LogP contribution in [0.15, 0.2) is 30.3 Å². The summed E-state index contributed by atoms with van der Waals surface area (Å²) in [6.45, 7) is 2.74. The molecule has 1 aliphatic heterocycles. The van der Waals surface area contributed by atoms with Crippen LogP contribution in [0, 0.1) is 5.82 Å². The summed E-state index contributed by atoms with van der Waals surface area (Å²) in [6, 6.07) is 8.21. The molecule has 1 unspecified atom stereocenters. The van der Waals surface area contributed by atoms with E-state index in [4.69, 9.17) is 11.6 Å². The molecule has 3 heterocycles. The number of phenolic OH excluding ortho intramolecular Hbond substituents is 1. The van der Waals surface area contributed by atoms with Gasteiger partial charge in [-0.25, -0.2) is 14.2 Å². The van der Waals surface area contributed by atoms with Crippen molar-refractivity contribution in [2.24, 2.45) is 0 Å². The molecule has 5 rings (SSSR count). The van der Waals surface area contributed by atoms with Gasteiger partial charge in [-0.1, -0.05) is 13.0 Å². The fraction of sp³-hybridized carbons (Fsp3) is 0.292. The Morgan fingerprint density at radius 2 is 2.14 bits per heavy atom. The van der Waals surface area contributed by atoms with E-state index in [1.807, 2.05) is 25.1 Å². The van der Waals surface area contributed by atoms with E-state index in [0.29, 0.717) is 31.0 Å². The number of aliphatic hydroxyl groups excluding tert-OH is 1. The lowest BCUT2D eigenvalue weighted by Crippen LogP contribution is -2.40. The van der Waals surface area contributed by atoms with Crippen LogP contribution in [0.5, 0.6) is 5.75 Å². The Morgan fingerprint density at radius 1 is 1.31 bits per heavy atom. The van der Waals surface area contributed by atoms with Gasteiger partial charge in [0.05, 0.1) is 42.0 Å². The predicted octanol–water partition coefficient (Wildman–Crippen LogP) is 3.65. The number of H-pyrrole nitrogens is 2. The first-order valence-corrected chi connectivity index (χ1v) is 11.8. The molecule has 2 aromatic heterocycles. The largest absolute Gasteiger partial charge is 0.505 e. The van der Waals surface area contributed by atoms with E-state index in [-0.39, 0.29) is 24.2 Å². The zero-order valence-corrected chi connectivity index (χ0v) is 19.7. The summed E-state index contributed by atoms with van der Waals surface area (Å²) in [5.41, 5.74) is 5.37. The summed E-state index contributed by atoms with van der Waals surface area (Å²) < 4.78 is 14.0. The SMILES string of the molecule is CCc1cc(O)c(F)cc1-c1ccc2c(-c3nc4c([nH]3)CN(C(=O)NCC(O)CCl)C4)n[nH]c2c1. The van der Waals surface area contributed by atoms with Crippen molar-refractivity contribution in [3.63, 3.8) is 0 Å². The maximum Gasteiger partial charge on any atom is 0.318 e. The molecule has 0 radical (unpaired) electrons. The van der Waals surface area contributed by atoms with Crippen molar-refractivity contribution in [3.8, 4) is 28.4 Å². The van der Waals surface area contributed by atoms with Crippen molar-refractivity contribution in [2.75, 3.05) is 12.4 Å². The Hall–Kier alpha value is -3.63. The number of nitrogens with one attached hydrogen (secondary N) is 3. The van der Waals surface area contributed by atoms with E-state index < -0.39 is 11.9 Å². The highest BCUT2D eigenvalue weighted by atomic mass is 35.5. The highest BCUT2D eigenvalue weighted by molar-refractivity contribution is 6.18. The maximum atomic E-state index is 14.0. The minimum absolute atomic E-state index is 0.0505. The number of aromatic nitrogens is 4. The molecule has 0 aliphatic carbocycles. The number of imidazole rings is 1. The number of hydrogen-bond acceptors (Lipinski definition) is 5. The highest BCUT2D eigenvalue weighted by Gasteiger charge is 2.28. The fourth-order valence-electron chi connectivity index (χ4n) is 4.30. The van der Waals surface area contributed by atoms with Gasteiger partial charge in [-0.15, -0.1) is 11.6 Å². The Bertz CT molecular complexity index is 1390. The predicted molar refractivity (Wildman–Crippen MR) is 129 cm³/mol. The maximum absolute atomic E-state index is 14.0. The van der Waals surface area contributed by atoms with Gasteiger partial charge in [0.25, 0.3) is 0 Å². The molecule has 5 N–H and O–H groups in total. The number of aromatic hydroxyl groups is 1. The van der Waals surface area contributed by atoms with Crippen LogP contribution in [-0.2, 0) is 19.5 Å². The van der Waals surface area contributed by atoms with Gasteiger partial charge in [-0.3, -0.25) is 5.10 Å². The number of urea groups is 1. The Kier molecular flexibility index (Phi) is 6.08. The molecule has 35 heavy (non-hydrogen) atoms. The molecule has 182 valence electrons. The number of benzene rings is 2. The molecular formula is C24H24ClFN6O3. The Morgan fingerprint density at radius 3 is 2.89 bits per heavy atom. The van der Waals surface area contributed by atoms with Gasteiger partial charge >= 0.3 is 6.03 Å². The summed E-state index contributed by atoms with van der Waals surface area (Å²) in [4.78, 5) is 21.8. The molecule has 0 saturated heterocycles. The van der Waals surface area contributed by atoms with Crippen LogP contribution in [-0.4, -0.2) is 59.8 Å². The average molecular weight is 499 g/mol. The van der Waals surface area contributed by atoms with Gasteiger partial charge < -0.3 is 25.4 Å². The van der Waals surface area contributed by atoms with Crippen molar-refractivity contribution in [1.29, 1.82) is 0 Å². The van der Waals surface area contributed by atoms with Gasteiger partial charge in [0.15, 0.2) is 17.4 Å². The molecule has 0 bridgehead atoms. The van der Waals surface area contributed by atoms with Gasteiger partial charge in [-0.05, 0) is 47.4 Å². The summed E-state index contributed by atoms with van der Waals surface area (Å²) in [5, 5.41) is 30.2. The highest BCUT2D eigenvalue weighted by Crippen LogP contribution is 2.34. The Labute approximate surface area is 204 Å². The number of halogens is 2. The minimum Gasteiger partial charge on any atom is -0.505 e. The molecule has 0 saturated carbocycles. The van der Waals surface area contributed by atoms with E-state index in [1.165, 1.54) is 12.1 Å². The lowest BCUT2D eigenvalue weighted by Gasteiger charge is -2.17. The van der Waals surface area contributed by atoms with E-state index in [0.717, 1.165) is 39.0 Å². The van der Waals surface area contributed by atoms with E-state index in [2.05, 4.69) is 25.5 Å². The molecule has 2 amide bonds. The second-order valence-corrected chi connectivity index (χ2v) is 8.82. The third-order valence-electron chi connectivity index (χ3n) is 6.16. The molecule has 11 heteroatoms. The molecule has 0 spiro atoms. The number of alkyl halides is 1. The minimum atomic E-state index is -0.791. The number of rotatable bonds is 6. The molecule has 1 aliphatic rings. The van der Waals surface area contributed by atoms with Crippen LogP contribution < -0.4 is 5.32 Å². The summed E-state index contributed by atoms with van der Waals surface area (Å²) >= 11 is 5.56. The fourth-order valence-corrected chi connectivity index (χ4v) is 4.40. The lowest BCUT2D eigenvalue weighted by molar-refractivity contribution is 0.173. The second-order valence-electron chi connectivity index (χ2n) is 8.51. The van der Waals surface area contributed by atoms with Gasteiger partial charge in [0.2, 0.25) is 0 Å². The third kappa shape index (κ3) is 4.30. The van der Waals surface area contributed by atoms with Gasteiger partial charge in [0.1, 0.15) is 5.69 Å². The van der Waals surface area contributed by atoms with Crippen LogP contribution in [0.4, 0.5) is 9.18 Å². The van der Waals surface area contributed by atoms with Crippen molar-refractivity contribution in [2.45, 2.75) is 32.5 Å². The summed E-state index contributed by atoms with van der Waals surface area (Å²) in [7, 11) is 0. The van der Waals surface area contributed by atoms with Crippen LogP contribution in [0.25, 0.3) is 33.5 Å². The number of aryl methyl sites for hydroxylation is 1. The topological polar surface area (TPSA) is 130 Å². The van der Waals surface area contributed by atoms with Crippen molar-refractivity contribution in [3.05, 3.63) is 53.1 Å². The van der Waals surface area contributed by atoms with Crippen LogP contribution in [0.3, 0.4) is 0 Å². The summed E-state index contributed by atoms with van der Waals surface area (Å²) in [6.07, 6.45) is -0.142. The molecule has 9 nitrogen and oxygen atoms in total. The van der Waals surface area contributed by atoms with Crippen molar-refractivity contribution in [1.82, 2.24) is 30.4 Å². The number of nitrogens with zero attached hydrogens (tertiary/aromatic N) is 3. The standard InChI is InChI=1S/C24H24ClFN6O3/c1-2-12-6-21(34)17(26)7-16(12)13-3-4-15-18(5-13)30-31-22(15)23-28-19-10-32(11-20(19)29-23)24(35)27-9-14(33)8-25/h3-7,14,33-34H,2,8-11H2,1H3,(H,27,35)(H,28,29)(H,30,31). The van der Waals surface area contributed by atoms with Crippen LogP contribution in [0.1, 0.15) is 23.9 Å². The number of hydrogen-bond donors (Lipinski definition) is 5. The molecule has 4 aromatic rings. The zero-order chi connectivity index (χ0) is 24.7. The smallest absolute Gasteiger partial charge is 0.318 e. The number of phenols is 1. The number of carbonyl (C=O) groups excluding carboxylic acids is 1. The number of carbonyl (C=O) groups is 1. The molecule has 2 aromatic carbocycles.